The molecule has 3 N–H and O–H groups in total. The standard InChI is InChI=1S/C25H39N3O5S/c1-17-10-8-9-13-19(17)21(22(30)26-18-11-6-5-7-12-18)28(14-15-29)23(31)20(16-34)27-24(32)33-25(2,3)4/h8-10,13,18,20-21,29,34H,5-7,11-12,14-16H2,1-4H3,(H,26,30)(H,27,32). The molecule has 3 amide bonds. The maximum atomic E-state index is 13.6. The zero-order valence-electron chi connectivity index (χ0n) is 20.7. The normalized spacial score (nSPS) is 16.3. The largest absolute Gasteiger partial charge is 0.444 e. The molecule has 0 aliphatic heterocycles. The predicted molar refractivity (Wildman–Crippen MR) is 135 cm³/mol. The number of carbonyl (C=O) groups excluding carboxylic acids is 3. The molecule has 2 atom stereocenters. The van der Waals surface area contributed by atoms with E-state index in [2.05, 4.69) is 23.3 Å². The molecule has 34 heavy (non-hydrogen) atoms. The molecule has 1 aromatic carbocycles. The van der Waals surface area contributed by atoms with Crippen LogP contribution in [0.25, 0.3) is 0 Å². The Morgan fingerprint density at radius 3 is 2.38 bits per heavy atom. The first-order chi connectivity index (χ1) is 16.1. The average Bonchev–Trinajstić information content (AvgIpc) is 2.77. The molecule has 0 radical (unpaired) electrons. The topological polar surface area (TPSA) is 108 Å². The van der Waals surface area contributed by atoms with Crippen LogP contribution in [0.2, 0.25) is 0 Å². The summed E-state index contributed by atoms with van der Waals surface area (Å²) in [6, 6.07) is 5.46. The Morgan fingerprint density at radius 2 is 1.82 bits per heavy atom. The Labute approximate surface area is 208 Å². The summed E-state index contributed by atoms with van der Waals surface area (Å²) < 4.78 is 5.29. The highest BCUT2D eigenvalue weighted by Gasteiger charge is 2.37. The minimum Gasteiger partial charge on any atom is -0.444 e. The third kappa shape index (κ3) is 8.20. The van der Waals surface area contributed by atoms with E-state index in [1.165, 1.54) is 4.90 Å². The van der Waals surface area contributed by atoms with Crippen molar-refractivity contribution in [3.05, 3.63) is 35.4 Å². The number of benzene rings is 1. The van der Waals surface area contributed by atoms with Gasteiger partial charge in [-0.25, -0.2) is 4.79 Å². The molecule has 0 heterocycles. The van der Waals surface area contributed by atoms with Crippen LogP contribution in [0.3, 0.4) is 0 Å². The van der Waals surface area contributed by atoms with Crippen molar-refractivity contribution in [2.75, 3.05) is 18.9 Å². The van der Waals surface area contributed by atoms with Crippen molar-refractivity contribution in [1.29, 1.82) is 0 Å². The molecular formula is C25H39N3O5S. The lowest BCUT2D eigenvalue weighted by molar-refractivity contribution is -0.143. The van der Waals surface area contributed by atoms with Gasteiger partial charge in [-0.2, -0.15) is 12.6 Å². The van der Waals surface area contributed by atoms with Crippen LogP contribution < -0.4 is 10.6 Å². The van der Waals surface area contributed by atoms with Gasteiger partial charge in [-0.05, 0) is 51.7 Å². The third-order valence-corrected chi connectivity index (χ3v) is 6.16. The van der Waals surface area contributed by atoms with Crippen molar-refractivity contribution in [1.82, 2.24) is 15.5 Å². The highest BCUT2D eigenvalue weighted by Crippen LogP contribution is 2.27. The van der Waals surface area contributed by atoms with E-state index in [0.717, 1.165) is 37.7 Å². The van der Waals surface area contributed by atoms with Crippen molar-refractivity contribution in [2.24, 2.45) is 0 Å². The number of aliphatic hydroxyl groups is 1. The average molecular weight is 494 g/mol. The number of ether oxygens (including phenoxy) is 1. The van der Waals surface area contributed by atoms with Gasteiger partial charge in [0.25, 0.3) is 0 Å². The second-order valence-electron chi connectivity index (χ2n) is 9.74. The van der Waals surface area contributed by atoms with Crippen LogP contribution in [-0.2, 0) is 14.3 Å². The Morgan fingerprint density at radius 1 is 1.18 bits per heavy atom. The second kappa shape index (κ2) is 13.0. The van der Waals surface area contributed by atoms with E-state index in [1.807, 2.05) is 31.2 Å². The summed E-state index contributed by atoms with van der Waals surface area (Å²) in [5, 5.41) is 15.5. The van der Waals surface area contributed by atoms with E-state index in [4.69, 9.17) is 4.74 Å². The van der Waals surface area contributed by atoms with Crippen molar-refractivity contribution >= 4 is 30.5 Å². The Bertz CT molecular complexity index is 836. The number of hydrogen-bond donors (Lipinski definition) is 4. The van der Waals surface area contributed by atoms with Crippen molar-refractivity contribution < 1.29 is 24.2 Å². The summed E-state index contributed by atoms with van der Waals surface area (Å²) in [4.78, 5) is 40.9. The fourth-order valence-electron chi connectivity index (χ4n) is 4.18. The van der Waals surface area contributed by atoms with E-state index in [0.29, 0.717) is 5.56 Å². The summed E-state index contributed by atoms with van der Waals surface area (Å²) in [6.45, 7) is 6.66. The van der Waals surface area contributed by atoms with Crippen LogP contribution in [-0.4, -0.2) is 64.5 Å². The molecule has 1 aliphatic rings. The zero-order valence-corrected chi connectivity index (χ0v) is 21.6. The van der Waals surface area contributed by atoms with Crippen LogP contribution in [0.4, 0.5) is 4.79 Å². The number of amides is 3. The Kier molecular flexibility index (Phi) is 10.7. The van der Waals surface area contributed by atoms with E-state index < -0.39 is 29.7 Å². The quantitative estimate of drug-likeness (QED) is 0.395. The number of alkyl carbamates (subject to hydrolysis) is 1. The first-order valence-electron chi connectivity index (χ1n) is 11.9. The van der Waals surface area contributed by atoms with E-state index in [-0.39, 0.29) is 30.9 Å². The van der Waals surface area contributed by atoms with Gasteiger partial charge >= 0.3 is 6.09 Å². The van der Waals surface area contributed by atoms with Gasteiger partial charge in [0.05, 0.1) is 6.61 Å². The minimum atomic E-state index is -1.03. The van der Waals surface area contributed by atoms with Gasteiger partial charge in [0, 0.05) is 18.3 Å². The summed E-state index contributed by atoms with van der Waals surface area (Å²) in [5.74, 6) is -0.801. The van der Waals surface area contributed by atoms with Crippen molar-refractivity contribution in [2.45, 2.75) is 83.5 Å². The van der Waals surface area contributed by atoms with Crippen LogP contribution in [0.5, 0.6) is 0 Å². The number of thiol groups is 1. The van der Waals surface area contributed by atoms with Crippen LogP contribution >= 0.6 is 12.6 Å². The molecule has 2 rings (SSSR count). The maximum absolute atomic E-state index is 13.6. The molecule has 1 fully saturated rings. The number of aliphatic hydroxyl groups excluding tert-OH is 1. The molecule has 9 heteroatoms. The molecule has 190 valence electrons. The van der Waals surface area contributed by atoms with Gasteiger partial charge in [0.15, 0.2) is 0 Å². The minimum absolute atomic E-state index is 0.00470. The monoisotopic (exact) mass is 493 g/mol. The van der Waals surface area contributed by atoms with E-state index in [9.17, 15) is 19.5 Å². The highest BCUT2D eigenvalue weighted by atomic mass is 32.1. The third-order valence-electron chi connectivity index (χ3n) is 5.79. The predicted octanol–water partition coefficient (Wildman–Crippen LogP) is 3.13. The number of nitrogens with zero attached hydrogens (tertiary/aromatic N) is 1. The molecule has 0 spiro atoms. The molecule has 0 bridgehead atoms. The smallest absolute Gasteiger partial charge is 0.408 e. The van der Waals surface area contributed by atoms with Crippen LogP contribution in [0, 0.1) is 6.92 Å². The number of hydrogen-bond acceptors (Lipinski definition) is 6. The molecule has 2 unspecified atom stereocenters. The summed E-state index contributed by atoms with van der Waals surface area (Å²) in [6.07, 6.45) is 4.33. The number of carbonyl (C=O) groups is 3. The highest BCUT2D eigenvalue weighted by molar-refractivity contribution is 7.80. The maximum Gasteiger partial charge on any atom is 0.408 e. The number of rotatable bonds is 9. The van der Waals surface area contributed by atoms with Crippen LogP contribution in [0.1, 0.15) is 70.0 Å². The molecule has 1 aliphatic carbocycles. The van der Waals surface area contributed by atoms with E-state index >= 15 is 0 Å². The van der Waals surface area contributed by atoms with Gasteiger partial charge in [-0.1, -0.05) is 43.5 Å². The van der Waals surface area contributed by atoms with Gasteiger partial charge in [-0.3, -0.25) is 9.59 Å². The SMILES string of the molecule is Cc1ccccc1C(C(=O)NC1CCCCC1)N(CCO)C(=O)C(CS)NC(=O)OC(C)(C)C. The Balaban J connectivity index is 2.36. The first-order valence-corrected chi connectivity index (χ1v) is 12.6. The lowest BCUT2D eigenvalue weighted by atomic mass is 9.94. The lowest BCUT2D eigenvalue weighted by Crippen LogP contribution is -2.55. The Hall–Kier alpha value is -2.26. The first kappa shape index (κ1) is 28.0. The molecular weight excluding hydrogens is 454 g/mol. The summed E-state index contributed by atoms with van der Waals surface area (Å²) >= 11 is 4.26. The molecule has 0 aromatic heterocycles. The molecule has 1 saturated carbocycles. The van der Waals surface area contributed by atoms with E-state index in [1.54, 1.807) is 20.8 Å². The second-order valence-corrected chi connectivity index (χ2v) is 10.1. The molecule has 0 saturated heterocycles. The van der Waals surface area contributed by atoms with Crippen molar-refractivity contribution in [3.63, 3.8) is 0 Å². The van der Waals surface area contributed by atoms with Crippen molar-refractivity contribution in [3.8, 4) is 0 Å². The fourth-order valence-corrected chi connectivity index (χ4v) is 4.43. The molecule has 1 aromatic rings. The summed E-state index contributed by atoms with van der Waals surface area (Å²) in [5.41, 5.74) is 0.792. The molecule has 8 nitrogen and oxygen atoms in total. The number of aryl methyl sites for hydroxylation is 1. The van der Waals surface area contributed by atoms with Crippen LogP contribution in [0.15, 0.2) is 24.3 Å². The zero-order chi connectivity index (χ0) is 25.3. The van der Waals surface area contributed by atoms with Gasteiger partial charge in [0.2, 0.25) is 11.8 Å². The number of nitrogens with one attached hydrogen (secondary N) is 2. The van der Waals surface area contributed by atoms with Gasteiger partial charge in [0.1, 0.15) is 17.7 Å². The van der Waals surface area contributed by atoms with Gasteiger partial charge in [-0.15, -0.1) is 0 Å². The van der Waals surface area contributed by atoms with Gasteiger partial charge < -0.3 is 25.4 Å². The fraction of sp³-hybridized carbons (Fsp3) is 0.640. The lowest BCUT2D eigenvalue weighted by Gasteiger charge is -2.35. The summed E-state index contributed by atoms with van der Waals surface area (Å²) in [7, 11) is 0.